The first-order valence-corrected chi connectivity index (χ1v) is 17.1. The van der Waals surface area contributed by atoms with E-state index in [4.69, 9.17) is 0 Å². The number of hydrogen-bond donors (Lipinski definition) is 0. The Kier molecular flexibility index (Phi) is 6.10. The van der Waals surface area contributed by atoms with Gasteiger partial charge in [-0.1, -0.05) is 145 Å². The van der Waals surface area contributed by atoms with Gasteiger partial charge in [-0.3, -0.25) is 0 Å². The van der Waals surface area contributed by atoms with Gasteiger partial charge in [-0.15, -0.1) is 0 Å². The molecule has 3 aliphatic rings. The molecular formula is C46H40. The Labute approximate surface area is 273 Å². The highest BCUT2D eigenvalue weighted by atomic mass is 14.5. The van der Waals surface area contributed by atoms with Crippen molar-refractivity contribution in [3.8, 4) is 22.3 Å². The highest BCUT2D eigenvalue weighted by Crippen LogP contribution is 2.61. The van der Waals surface area contributed by atoms with Crippen molar-refractivity contribution < 1.29 is 0 Å². The molecule has 3 aliphatic carbocycles. The first kappa shape index (κ1) is 27.6. The topological polar surface area (TPSA) is 0 Å². The molecule has 0 amide bonds. The zero-order valence-electron chi connectivity index (χ0n) is 27.1. The largest absolute Gasteiger partial charge is 0.0713 e. The minimum atomic E-state index is -0.347. The van der Waals surface area contributed by atoms with Crippen LogP contribution >= 0.6 is 0 Å². The maximum absolute atomic E-state index is 2.43. The number of fused-ring (bicyclic) bond motifs is 8. The van der Waals surface area contributed by atoms with Crippen LogP contribution in [0.1, 0.15) is 74.9 Å². The molecule has 46 heavy (non-hydrogen) atoms. The highest BCUT2D eigenvalue weighted by Gasteiger charge is 2.50. The Hall–Kier alpha value is -4.68. The van der Waals surface area contributed by atoms with Gasteiger partial charge in [0, 0.05) is 5.41 Å². The molecule has 0 heteroatoms. The zero-order chi connectivity index (χ0) is 31.0. The third-order valence-corrected chi connectivity index (χ3v) is 11.7. The Morgan fingerprint density at radius 1 is 0.543 bits per heavy atom. The molecule has 0 aromatic heterocycles. The molecule has 0 saturated heterocycles. The van der Waals surface area contributed by atoms with Crippen molar-refractivity contribution >= 4 is 0 Å². The molecule has 9 rings (SSSR count). The van der Waals surface area contributed by atoms with E-state index < -0.39 is 0 Å². The number of benzene rings is 6. The van der Waals surface area contributed by atoms with Gasteiger partial charge in [0.1, 0.15) is 0 Å². The maximum atomic E-state index is 2.43. The monoisotopic (exact) mass is 592 g/mol. The molecule has 2 atom stereocenters. The van der Waals surface area contributed by atoms with Crippen LogP contribution in [0.5, 0.6) is 0 Å². The molecule has 1 fully saturated rings. The average molecular weight is 593 g/mol. The predicted molar refractivity (Wildman–Crippen MR) is 192 cm³/mol. The molecule has 0 bridgehead atoms. The summed E-state index contributed by atoms with van der Waals surface area (Å²) in [5, 5.41) is 0. The van der Waals surface area contributed by atoms with Crippen LogP contribution < -0.4 is 0 Å². The van der Waals surface area contributed by atoms with Gasteiger partial charge in [0.25, 0.3) is 0 Å². The normalized spacial score (nSPS) is 19.9. The van der Waals surface area contributed by atoms with Crippen LogP contribution in [0.4, 0.5) is 0 Å². The first-order chi connectivity index (χ1) is 22.5. The summed E-state index contributed by atoms with van der Waals surface area (Å²) < 4.78 is 0. The summed E-state index contributed by atoms with van der Waals surface area (Å²) >= 11 is 0. The summed E-state index contributed by atoms with van der Waals surface area (Å²) in [6.07, 6.45) is 4.82. The van der Waals surface area contributed by atoms with Crippen molar-refractivity contribution in [1.82, 2.24) is 0 Å². The molecule has 6 aromatic carbocycles. The molecule has 6 aromatic rings. The van der Waals surface area contributed by atoms with Crippen molar-refractivity contribution in [3.05, 3.63) is 189 Å². The van der Waals surface area contributed by atoms with E-state index in [1.54, 1.807) is 11.1 Å². The summed E-state index contributed by atoms with van der Waals surface area (Å²) in [4.78, 5) is 0. The molecule has 1 saturated carbocycles. The Balaban J connectivity index is 1.19. The minimum Gasteiger partial charge on any atom is -0.0619 e. The third kappa shape index (κ3) is 3.74. The van der Waals surface area contributed by atoms with Gasteiger partial charge in [0.15, 0.2) is 0 Å². The summed E-state index contributed by atoms with van der Waals surface area (Å²) in [6, 6.07) is 51.2. The van der Waals surface area contributed by atoms with Gasteiger partial charge in [0.2, 0.25) is 0 Å². The van der Waals surface area contributed by atoms with E-state index >= 15 is 0 Å². The highest BCUT2D eigenvalue weighted by molar-refractivity contribution is 5.88. The fourth-order valence-corrected chi connectivity index (χ4v) is 9.87. The standard InChI is InChI=1S/C46H40/c1-30-18-22-35(23-19-30)46(36-24-20-31(2)21-25-36)41-16-7-5-13-39(41)43-34(11-9-17-42(43)46)28-33-26-27-45(29-33)40-15-6-4-12-37(40)38-14-8-10-32(3)44(38)45/h4-25,33H,26-29H2,1-3H3. The number of aryl methyl sites for hydroxylation is 3. The van der Waals surface area contributed by atoms with Crippen LogP contribution in [0.3, 0.4) is 0 Å². The quantitative estimate of drug-likeness (QED) is 0.191. The molecule has 0 nitrogen and oxygen atoms in total. The van der Waals surface area contributed by atoms with E-state index in [1.807, 2.05) is 0 Å². The maximum Gasteiger partial charge on any atom is 0.0713 e. The molecule has 2 unspecified atom stereocenters. The summed E-state index contributed by atoms with van der Waals surface area (Å²) in [5.41, 5.74) is 19.8. The first-order valence-electron chi connectivity index (χ1n) is 17.1. The third-order valence-electron chi connectivity index (χ3n) is 11.7. The molecule has 0 radical (unpaired) electrons. The molecule has 224 valence electrons. The Bertz CT molecular complexity index is 2080. The van der Waals surface area contributed by atoms with Crippen LogP contribution in [0.15, 0.2) is 133 Å². The molecule has 1 spiro atoms. The second kappa shape index (κ2) is 10.2. The number of hydrogen-bond acceptors (Lipinski definition) is 0. The van der Waals surface area contributed by atoms with Crippen LogP contribution in [-0.2, 0) is 17.3 Å². The van der Waals surface area contributed by atoms with E-state index in [0.29, 0.717) is 5.92 Å². The van der Waals surface area contributed by atoms with E-state index in [1.165, 1.54) is 86.0 Å². The summed E-state index contributed by atoms with van der Waals surface area (Å²) in [5.74, 6) is 0.631. The van der Waals surface area contributed by atoms with Crippen LogP contribution in [-0.4, -0.2) is 0 Å². The lowest BCUT2D eigenvalue weighted by Gasteiger charge is -2.34. The number of rotatable bonds is 4. The molecular weight excluding hydrogens is 553 g/mol. The SMILES string of the molecule is Cc1ccc(C2(c3ccc(C)cc3)c3ccccc3-c3c(CC4CCC5(C4)c4ccccc4-c4cccc(C)c45)cccc32)cc1. The minimum absolute atomic E-state index is 0.130. The lowest BCUT2D eigenvalue weighted by molar-refractivity contribution is 0.486. The zero-order valence-corrected chi connectivity index (χ0v) is 27.1. The van der Waals surface area contributed by atoms with Gasteiger partial charge in [0.05, 0.1) is 5.41 Å². The second-order valence-electron chi connectivity index (χ2n) is 14.3. The smallest absolute Gasteiger partial charge is 0.0619 e. The fraction of sp³-hybridized carbons (Fsp3) is 0.217. The van der Waals surface area contributed by atoms with E-state index in [2.05, 4.69) is 154 Å². The van der Waals surface area contributed by atoms with Gasteiger partial charge in [-0.2, -0.15) is 0 Å². The summed E-state index contributed by atoms with van der Waals surface area (Å²) in [7, 11) is 0. The van der Waals surface area contributed by atoms with Gasteiger partial charge in [-0.25, -0.2) is 0 Å². The lowest BCUT2D eigenvalue weighted by Crippen LogP contribution is -2.28. The van der Waals surface area contributed by atoms with Crippen LogP contribution in [0.25, 0.3) is 22.3 Å². The van der Waals surface area contributed by atoms with Crippen LogP contribution in [0.2, 0.25) is 0 Å². The predicted octanol–water partition coefficient (Wildman–Crippen LogP) is 11.3. The van der Waals surface area contributed by atoms with Gasteiger partial charge in [-0.05, 0) is 119 Å². The van der Waals surface area contributed by atoms with Crippen molar-refractivity contribution in [3.63, 3.8) is 0 Å². The van der Waals surface area contributed by atoms with Gasteiger partial charge < -0.3 is 0 Å². The fourth-order valence-electron chi connectivity index (χ4n) is 9.87. The Morgan fingerprint density at radius 2 is 1.13 bits per heavy atom. The average Bonchev–Trinajstić information content (AvgIpc) is 3.73. The van der Waals surface area contributed by atoms with Crippen molar-refractivity contribution in [2.45, 2.75) is 57.3 Å². The van der Waals surface area contributed by atoms with E-state index in [-0.39, 0.29) is 10.8 Å². The Morgan fingerprint density at radius 3 is 1.85 bits per heavy atom. The van der Waals surface area contributed by atoms with Gasteiger partial charge >= 0.3 is 0 Å². The molecule has 0 N–H and O–H groups in total. The van der Waals surface area contributed by atoms with Crippen molar-refractivity contribution in [2.24, 2.45) is 5.92 Å². The van der Waals surface area contributed by atoms with Crippen LogP contribution in [0, 0.1) is 26.7 Å². The van der Waals surface area contributed by atoms with Crippen molar-refractivity contribution in [2.75, 3.05) is 0 Å². The molecule has 0 aliphatic heterocycles. The molecule has 0 heterocycles. The second-order valence-corrected chi connectivity index (χ2v) is 14.3. The van der Waals surface area contributed by atoms with Crippen molar-refractivity contribution in [1.29, 1.82) is 0 Å². The summed E-state index contributed by atoms with van der Waals surface area (Å²) in [6.45, 7) is 6.71. The lowest BCUT2D eigenvalue weighted by atomic mass is 9.67. The van der Waals surface area contributed by atoms with E-state index in [9.17, 15) is 0 Å². The van der Waals surface area contributed by atoms with E-state index in [0.717, 1.165) is 6.42 Å².